The molecule has 0 spiro atoms. The van der Waals surface area contributed by atoms with E-state index >= 15 is 0 Å². The number of ether oxygens (including phenoxy) is 1. The Morgan fingerprint density at radius 3 is 2.28 bits per heavy atom. The molecule has 1 N–H and O–H groups in total. The maximum absolute atomic E-state index is 12.5. The van der Waals surface area contributed by atoms with Crippen molar-refractivity contribution in [2.75, 3.05) is 24.7 Å². The molecular weight excluding hydrogens is 475 g/mol. The third kappa shape index (κ3) is 5.81. The normalized spacial score (nSPS) is 14.8. The summed E-state index contributed by atoms with van der Waals surface area (Å²) in [5.74, 6) is -0.724. The maximum atomic E-state index is 12.5. The molecule has 2 aromatic carbocycles. The van der Waals surface area contributed by atoms with Crippen molar-refractivity contribution in [3.8, 4) is 0 Å². The molecule has 1 amide bonds. The number of rotatable bonds is 9. The van der Waals surface area contributed by atoms with Crippen molar-refractivity contribution in [1.29, 1.82) is 0 Å². The largest absolute Gasteiger partial charge is 0.465 e. The molecule has 0 radical (unpaired) electrons. The lowest BCUT2D eigenvalue weighted by Crippen LogP contribution is -2.36. The van der Waals surface area contributed by atoms with Gasteiger partial charge in [0.2, 0.25) is 15.9 Å². The fourth-order valence-electron chi connectivity index (χ4n) is 3.37. The first-order chi connectivity index (χ1) is 15.0. The van der Waals surface area contributed by atoms with Gasteiger partial charge in [-0.25, -0.2) is 8.42 Å². The van der Waals surface area contributed by atoms with Gasteiger partial charge in [-0.1, -0.05) is 41.4 Å². The lowest BCUT2D eigenvalue weighted by Gasteiger charge is -2.20. The van der Waals surface area contributed by atoms with Gasteiger partial charge in [-0.05, 0) is 55.2 Å². The first-order valence-electron chi connectivity index (χ1n) is 10.0. The van der Waals surface area contributed by atoms with Gasteiger partial charge < -0.3 is 10.1 Å². The van der Waals surface area contributed by atoms with Crippen LogP contribution in [0.4, 0.5) is 5.69 Å². The van der Waals surface area contributed by atoms with E-state index in [1.165, 1.54) is 0 Å². The van der Waals surface area contributed by atoms with Crippen LogP contribution >= 0.6 is 23.2 Å². The van der Waals surface area contributed by atoms with E-state index in [4.69, 9.17) is 27.9 Å². The zero-order valence-electron chi connectivity index (χ0n) is 17.7. The second kappa shape index (κ2) is 9.79. The summed E-state index contributed by atoms with van der Waals surface area (Å²) in [6.45, 7) is 1.71. The standard InChI is InChI=1S/C22H24Cl2N2O5S/c1-3-31-21(28)22(10-11-22)16-5-7-17(8-6-16)25-20(27)14-26(32(2,29)30)13-15-4-9-18(23)19(24)12-15/h4-9,12H,3,10-11,13-14H2,1-2H3,(H,25,27). The van der Waals surface area contributed by atoms with E-state index in [0.717, 1.165) is 29.0 Å². The second-order valence-corrected chi connectivity index (χ2v) is 10.5. The lowest BCUT2D eigenvalue weighted by atomic mass is 9.96. The highest BCUT2D eigenvalue weighted by molar-refractivity contribution is 7.88. The van der Waals surface area contributed by atoms with Crippen LogP contribution < -0.4 is 5.32 Å². The minimum absolute atomic E-state index is 0.0237. The smallest absolute Gasteiger partial charge is 0.316 e. The molecule has 1 aliphatic rings. The van der Waals surface area contributed by atoms with Crippen LogP contribution in [0.25, 0.3) is 0 Å². The van der Waals surface area contributed by atoms with Crippen LogP contribution in [-0.2, 0) is 36.3 Å². The maximum Gasteiger partial charge on any atom is 0.316 e. The van der Waals surface area contributed by atoms with Crippen LogP contribution in [0.2, 0.25) is 10.0 Å². The van der Waals surface area contributed by atoms with Gasteiger partial charge in [-0.15, -0.1) is 0 Å². The highest BCUT2D eigenvalue weighted by Gasteiger charge is 2.52. The van der Waals surface area contributed by atoms with E-state index in [9.17, 15) is 18.0 Å². The lowest BCUT2D eigenvalue weighted by molar-refractivity contribution is -0.146. The van der Waals surface area contributed by atoms with E-state index in [0.29, 0.717) is 27.9 Å². The summed E-state index contributed by atoms with van der Waals surface area (Å²) in [6, 6.07) is 11.7. The number of esters is 1. The predicted octanol–water partition coefficient (Wildman–Crippen LogP) is 3.99. The topological polar surface area (TPSA) is 92.8 Å². The molecule has 32 heavy (non-hydrogen) atoms. The number of benzene rings is 2. The predicted molar refractivity (Wildman–Crippen MR) is 124 cm³/mol. The number of nitrogens with one attached hydrogen (secondary N) is 1. The molecule has 0 bridgehead atoms. The van der Waals surface area contributed by atoms with Crippen LogP contribution in [0.1, 0.15) is 30.9 Å². The summed E-state index contributed by atoms with van der Waals surface area (Å²) >= 11 is 11.9. The Labute approximate surface area is 197 Å². The molecule has 2 aromatic rings. The quantitative estimate of drug-likeness (QED) is 0.527. The van der Waals surface area contributed by atoms with E-state index in [1.54, 1.807) is 49.4 Å². The van der Waals surface area contributed by atoms with Crippen LogP contribution in [0, 0.1) is 0 Å². The minimum atomic E-state index is -3.66. The Morgan fingerprint density at radius 2 is 1.75 bits per heavy atom. The fourth-order valence-corrected chi connectivity index (χ4v) is 4.43. The average molecular weight is 499 g/mol. The van der Waals surface area contributed by atoms with Crippen molar-refractivity contribution in [2.24, 2.45) is 0 Å². The number of carbonyl (C=O) groups excluding carboxylic acids is 2. The number of carbonyl (C=O) groups is 2. The third-order valence-electron chi connectivity index (χ3n) is 5.27. The zero-order chi connectivity index (χ0) is 23.5. The SMILES string of the molecule is CCOC(=O)C1(c2ccc(NC(=O)CN(Cc3ccc(Cl)c(Cl)c3)S(C)(=O)=O)cc2)CC1. The first-order valence-corrected chi connectivity index (χ1v) is 12.6. The summed E-state index contributed by atoms with van der Waals surface area (Å²) in [5, 5.41) is 3.36. The Kier molecular flexibility index (Phi) is 7.50. The molecule has 0 heterocycles. The Morgan fingerprint density at radius 1 is 1.09 bits per heavy atom. The molecule has 172 valence electrons. The molecule has 0 atom stereocenters. The number of hydrogen-bond donors (Lipinski definition) is 1. The Bertz CT molecular complexity index is 1120. The van der Waals surface area contributed by atoms with Crippen molar-refractivity contribution in [3.05, 3.63) is 63.6 Å². The van der Waals surface area contributed by atoms with Gasteiger partial charge in [0, 0.05) is 12.2 Å². The Hall–Kier alpha value is -2.13. The second-order valence-electron chi connectivity index (χ2n) is 7.71. The van der Waals surface area contributed by atoms with Gasteiger partial charge in [0.25, 0.3) is 0 Å². The van der Waals surface area contributed by atoms with Gasteiger partial charge >= 0.3 is 5.97 Å². The van der Waals surface area contributed by atoms with Crippen molar-refractivity contribution >= 4 is 50.8 Å². The first kappa shape index (κ1) is 24.5. The molecule has 10 heteroatoms. The number of hydrogen-bond acceptors (Lipinski definition) is 5. The molecule has 0 saturated heterocycles. The van der Waals surface area contributed by atoms with Gasteiger partial charge in [0.15, 0.2) is 0 Å². The minimum Gasteiger partial charge on any atom is -0.465 e. The number of nitrogens with zero attached hydrogens (tertiary/aromatic N) is 1. The van der Waals surface area contributed by atoms with E-state index in [2.05, 4.69) is 5.32 Å². The Balaban J connectivity index is 1.66. The van der Waals surface area contributed by atoms with Crippen molar-refractivity contribution in [3.63, 3.8) is 0 Å². The number of anilines is 1. The highest BCUT2D eigenvalue weighted by atomic mass is 35.5. The number of halogens is 2. The molecule has 0 aliphatic heterocycles. The number of amides is 1. The van der Waals surface area contributed by atoms with Crippen LogP contribution in [0.5, 0.6) is 0 Å². The van der Waals surface area contributed by atoms with E-state index < -0.39 is 21.3 Å². The van der Waals surface area contributed by atoms with Crippen molar-refractivity contribution in [1.82, 2.24) is 4.31 Å². The molecule has 0 unspecified atom stereocenters. The molecular formula is C22H24Cl2N2O5S. The van der Waals surface area contributed by atoms with Gasteiger partial charge in [0.05, 0.1) is 34.9 Å². The van der Waals surface area contributed by atoms with Gasteiger partial charge in [-0.2, -0.15) is 4.31 Å². The fraction of sp³-hybridized carbons (Fsp3) is 0.364. The third-order valence-corrected chi connectivity index (χ3v) is 7.20. The number of sulfonamides is 1. The van der Waals surface area contributed by atoms with Crippen LogP contribution in [0.15, 0.2) is 42.5 Å². The monoisotopic (exact) mass is 498 g/mol. The molecule has 3 rings (SSSR count). The zero-order valence-corrected chi connectivity index (χ0v) is 20.1. The van der Waals surface area contributed by atoms with Crippen LogP contribution in [0.3, 0.4) is 0 Å². The molecule has 1 fully saturated rings. The average Bonchev–Trinajstić information content (AvgIpc) is 3.52. The van der Waals surface area contributed by atoms with E-state index in [-0.39, 0.29) is 19.1 Å². The van der Waals surface area contributed by atoms with Gasteiger partial charge in [0.1, 0.15) is 0 Å². The summed E-state index contributed by atoms with van der Waals surface area (Å²) in [6.07, 6.45) is 2.50. The molecule has 0 aromatic heterocycles. The van der Waals surface area contributed by atoms with Crippen molar-refractivity contribution in [2.45, 2.75) is 31.7 Å². The van der Waals surface area contributed by atoms with Crippen LogP contribution in [-0.4, -0.2) is 44.0 Å². The summed E-state index contributed by atoms with van der Waals surface area (Å²) in [4.78, 5) is 24.8. The van der Waals surface area contributed by atoms with E-state index in [1.807, 2.05) is 0 Å². The molecule has 1 aliphatic carbocycles. The molecule has 7 nitrogen and oxygen atoms in total. The molecule has 1 saturated carbocycles. The highest BCUT2D eigenvalue weighted by Crippen LogP contribution is 2.49. The van der Waals surface area contributed by atoms with Gasteiger partial charge in [-0.3, -0.25) is 9.59 Å². The van der Waals surface area contributed by atoms with Crippen molar-refractivity contribution < 1.29 is 22.7 Å². The summed E-state index contributed by atoms with van der Waals surface area (Å²) in [7, 11) is -3.66. The summed E-state index contributed by atoms with van der Waals surface area (Å²) in [5.41, 5.74) is 1.36. The summed E-state index contributed by atoms with van der Waals surface area (Å²) < 4.78 is 30.6.